The molecule has 1 saturated carbocycles. The zero-order valence-corrected chi connectivity index (χ0v) is 15.1. The molecule has 1 amide bonds. The second-order valence-electron chi connectivity index (χ2n) is 5.81. The van der Waals surface area contributed by atoms with Gasteiger partial charge in [-0.2, -0.15) is 0 Å². The zero-order valence-electron chi connectivity index (χ0n) is 13.5. The molecule has 0 bridgehead atoms. The van der Waals surface area contributed by atoms with Crippen molar-refractivity contribution < 1.29 is 14.3 Å². The van der Waals surface area contributed by atoms with Gasteiger partial charge in [-0.3, -0.25) is 9.59 Å². The number of para-hydroxylation sites is 1. The molecule has 0 aliphatic heterocycles. The van der Waals surface area contributed by atoms with Crippen LogP contribution >= 0.6 is 23.1 Å². The van der Waals surface area contributed by atoms with Gasteiger partial charge in [-0.15, -0.1) is 11.3 Å². The zero-order chi connectivity index (χ0) is 16.9. The summed E-state index contributed by atoms with van der Waals surface area (Å²) in [5.41, 5.74) is 1.01. The molecule has 0 spiro atoms. The lowest BCUT2D eigenvalue weighted by atomic mass is 10.3. The number of carbonyl (C=O) groups is 2. The fraction of sp³-hybridized carbons (Fsp3) is 0.471. The molecule has 1 heterocycles. The van der Waals surface area contributed by atoms with Crippen LogP contribution in [0, 0.1) is 0 Å². The molecule has 1 atom stereocenters. The van der Waals surface area contributed by atoms with Crippen molar-refractivity contribution in [2.24, 2.45) is 0 Å². The van der Waals surface area contributed by atoms with Gasteiger partial charge >= 0.3 is 5.97 Å². The standard InChI is InChI=1S/C17H20N2O3S2/c1-11(16(21)18-12-8-9-12)22-15(20)7-4-10-23-17-19-13-5-2-3-6-14(13)24-17/h2-3,5-6,11-12H,4,7-10H2,1H3,(H,18,21)/t11-/m1/s1. The molecule has 0 saturated heterocycles. The second kappa shape index (κ2) is 7.98. The molecule has 5 nitrogen and oxygen atoms in total. The summed E-state index contributed by atoms with van der Waals surface area (Å²) in [6, 6.07) is 8.33. The number of nitrogens with one attached hydrogen (secondary N) is 1. The van der Waals surface area contributed by atoms with Crippen LogP contribution in [0.5, 0.6) is 0 Å². The quantitative estimate of drug-likeness (QED) is 0.442. The Hall–Kier alpha value is -1.60. The summed E-state index contributed by atoms with van der Waals surface area (Å²) in [5.74, 6) is 0.283. The Labute approximate surface area is 149 Å². The monoisotopic (exact) mass is 364 g/mol. The number of amides is 1. The Balaban J connectivity index is 1.34. The first-order valence-corrected chi connectivity index (χ1v) is 9.90. The first kappa shape index (κ1) is 17.2. The topological polar surface area (TPSA) is 68.3 Å². The summed E-state index contributed by atoms with van der Waals surface area (Å²) >= 11 is 3.32. The van der Waals surface area contributed by atoms with Gasteiger partial charge in [0.15, 0.2) is 10.4 Å². The van der Waals surface area contributed by atoms with Crippen molar-refractivity contribution in [1.82, 2.24) is 10.3 Å². The van der Waals surface area contributed by atoms with Gasteiger partial charge in [0, 0.05) is 18.2 Å². The summed E-state index contributed by atoms with van der Waals surface area (Å²) in [4.78, 5) is 28.1. The molecular formula is C17H20N2O3S2. The minimum absolute atomic E-state index is 0.199. The van der Waals surface area contributed by atoms with Gasteiger partial charge in [0.2, 0.25) is 0 Å². The van der Waals surface area contributed by atoms with Gasteiger partial charge in [-0.1, -0.05) is 23.9 Å². The van der Waals surface area contributed by atoms with Gasteiger partial charge < -0.3 is 10.1 Å². The molecule has 0 radical (unpaired) electrons. The molecule has 1 aromatic heterocycles. The number of nitrogens with zero attached hydrogens (tertiary/aromatic N) is 1. The van der Waals surface area contributed by atoms with Crippen LogP contribution in [0.1, 0.15) is 32.6 Å². The van der Waals surface area contributed by atoms with Crippen LogP contribution < -0.4 is 5.32 Å². The van der Waals surface area contributed by atoms with Crippen LogP contribution in [0.3, 0.4) is 0 Å². The largest absolute Gasteiger partial charge is 0.453 e. The molecule has 2 aromatic rings. The highest BCUT2D eigenvalue weighted by molar-refractivity contribution is 8.01. The maximum Gasteiger partial charge on any atom is 0.306 e. The van der Waals surface area contributed by atoms with Crippen molar-refractivity contribution in [1.29, 1.82) is 0 Å². The van der Waals surface area contributed by atoms with E-state index in [1.165, 1.54) is 4.70 Å². The van der Waals surface area contributed by atoms with Gasteiger partial charge in [-0.25, -0.2) is 4.98 Å². The van der Waals surface area contributed by atoms with Crippen molar-refractivity contribution in [3.05, 3.63) is 24.3 Å². The summed E-state index contributed by atoms with van der Waals surface area (Å²) in [6.07, 6.45) is 2.36. The highest BCUT2D eigenvalue weighted by atomic mass is 32.2. The average molecular weight is 364 g/mol. The normalized spacial score (nSPS) is 15.2. The van der Waals surface area contributed by atoms with Crippen LogP contribution in [-0.4, -0.2) is 34.8 Å². The lowest BCUT2D eigenvalue weighted by Gasteiger charge is -2.12. The molecule has 1 aliphatic carbocycles. The van der Waals surface area contributed by atoms with E-state index in [1.54, 1.807) is 30.0 Å². The first-order chi connectivity index (χ1) is 11.6. The van der Waals surface area contributed by atoms with Gasteiger partial charge in [0.1, 0.15) is 0 Å². The minimum atomic E-state index is -0.713. The highest BCUT2D eigenvalue weighted by Crippen LogP contribution is 2.29. The number of benzene rings is 1. The molecule has 24 heavy (non-hydrogen) atoms. The third-order valence-corrected chi connectivity index (χ3v) is 5.89. The summed E-state index contributed by atoms with van der Waals surface area (Å²) in [7, 11) is 0. The Morgan fingerprint density at radius 1 is 1.42 bits per heavy atom. The Kier molecular flexibility index (Phi) is 5.73. The smallest absolute Gasteiger partial charge is 0.306 e. The summed E-state index contributed by atoms with van der Waals surface area (Å²) < 4.78 is 7.36. The van der Waals surface area contributed by atoms with Crippen molar-refractivity contribution >= 4 is 45.2 Å². The SMILES string of the molecule is C[C@@H](OC(=O)CCCSc1nc2ccccc2s1)C(=O)NC1CC1. The van der Waals surface area contributed by atoms with E-state index in [9.17, 15) is 9.59 Å². The van der Waals surface area contributed by atoms with E-state index in [1.807, 2.05) is 18.2 Å². The molecule has 1 N–H and O–H groups in total. The number of fused-ring (bicyclic) bond motifs is 1. The number of rotatable bonds is 8. The summed E-state index contributed by atoms with van der Waals surface area (Å²) in [6.45, 7) is 1.62. The molecule has 1 aliphatic rings. The van der Waals surface area contributed by atoms with Crippen LogP contribution in [0.4, 0.5) is 0 Å². The van der Waals surface area contributed by atoms with Crippen molar-refractivity contribution in [3.63, 3.8) is 0 Å². The van der Waals surface area contributed by atoms with E-state index in [0.29, 0.717) is 12.8 Å². The molecule has 3 rings (SSSR count). The predicted octanol–water partition coefficient (Wildman–Crippen LogP) is 3.38. The number of aromatic nitrogens is 1. The molecular weight excluding hydrogens is 344 g/mol. The van der Waals surface area contributed by atoms with E-state index in [4.69, 9.17) is 4.74 Å². The Morgan fingerprint density at radius 2 is 2.21 bits per heavy atom. The number of thiazole rings is 1. The number of thioether (sulfide) groups is 1. The van der Waals surface area contributed by atoms with Crippen molar-refractivity contribution in [2.45, 2.75) is 49.1 Å². The molecule has 7 heteroatoms. The van der Waals surface area contributed by atoms with Crippen molar-refractivity contribution in [3.8, 4) is 0 Å². The van der Waals surface area contributed by atoms with E-state index >= 15 is 0 Å². The first-order valence-electron chi connectivity index (χ1n) is 8.10. The number of carbonyl (C=O) groups excluding carboxylic acids is 2. The second-order valence-corrected chi connectivity index (χ2v) is 8.19. The van der Waals surface area contributed by atoms with Crippen molar-refractivity contribution in [2.75, 3.05) is 5.75 Å². The lowest BCUT2D eigenvalue weighted by molar-refractivity contribution is -0.154. The van der Waals surface area contributed by atoms with Gasteiger partial charge in [0.05, 0.1) is 10.2 Å². The number of hydrogen-bond donors (Lipinski definition) is 1. The highest BCUT2D eigenvalue weighted by Gasteiger charge is 2.27. The maximum atomic E-state index is 11.8. The number of ether oxygens (including phenoxy) is 1. The molecule has 0 unspecified atom stereocenters. The molecule has 128 valence electrons. The van der Waals surface area contributed by atoms with Crippen LogP contribution in [-0.2, 0) is 14.3 Å². The molecule has 1 aromatic carbocycles. The number of hydrogen-bond acceptors (Lipinski definition) is 6. The summed E-state index contributed by atoms with van der Waals surface area (Å²) in [5, 5.41) is 2.83. The van der Waals surface area contributed by atoms with Crippen LogP contribution in [0.2, 0.25) is 0 Å². The fourth-order valence-corrected chi connectivity index (χ4v) is 4.22. The average Bonchev–Trinajstić information content (AvgIpc) is 3.27. The third-order valence-electron chi connectivity index (χ3n) is 3.63. The third kappa shape index (κ3) is 4.95. The van der Waals surface area contributed by atoms with E-state index < -0.39 is 6.10 Å². The Bertz CT molecular complexity index is 694. The molecule has 1 fully saturated rings. The van der Waals surface area contributed by atoms with Crippen LogP contribution in [0.25, 0.3) is 10.2 Å². The van der Waals surface area contributed by atoms with Gasteiger partial charge in [-0.05, 0) is 38.3 Å². The number of esters is 1. The van der Waals surface area contributed by atoms with E-state index in [2.05, 4.69) is 16.4 Å². The van der Waals surface area contributed by atoms with Crippen LogP contribution in [0.15, 0.2) is 28.6 Å². The maximum absolute atomic E-state index is 11.8. The van der Waals surface area contributed by atoms with Gasteiger partial charge in [0.25, 0.3) is 5.91 Å². The fourth-order valence-electron chi connectivity index (χ4n) is 2.14. The minimum Gasteiger partial charge on any atom is -0.453 e. The van der Waals surface area contributed by atoms with E-state index in [-0.39, 0.29) is 17.9 Å². The predicted molar refractivity (Wildman–Crippen MR) is 96.3 cm³/mol. The Morgan fingerprint density at radius 3 is 2.96 bits per heavy atom. The van der Waals surface area contributed by atoms with E-state index in [0.717, 1.165) is 28.5 Å². The lowest BCUT2D eigenvalue weighted by Crippen LogP contribution is -2.37.